The van der Waals surface area contributed by atoms with Crippen LogP contribution in [0.4, 0.5) is 0 Å². The summed E-state index contributed by atoms with van der Waals surface area (Å²) < 4.78 is 3.00. The van der Waals surface area contributed by atoms with Gasteiger partial charge < -0.3 is 14.6 Å². The molecule has 1 atom stereocenters. The number of aromatic nitrogens is 2. The highest BCUT2D eigenvalue weighted by Gasteiger charge is 2.11. The molecule has 6 heteroatoms. The molecule has 0 aromatic carbocycles. The molecule has 0 fully saturated rings. The SMILES string of the molecule is C[C@H](CC(=O)N(C)C)NCc1cn2cc(Br)ccc2n1. The maximum absolute atomic E-state index is 11.6. The van der Waals surface area contributed by atoms with Crippen molar-refractivity contribution in [2.24, 2.45) is 0 Å². The second-order valence-corrected chi connectivity index (χ2v) is 6.03. The highest BCUT2D eigenvalue weighted by molar-refractivity contribution is 9.10. The molecular formula is C14H19BrN4O. The van der Waals surface area contributed by atoms with E-state index in [-0.39, 0.29) is 11.9 Å². The van der Waals surface area contributed by atoms with E-state index in [2.05, 4.69) is 26.2 Å². The van der Waals surface area contributed by atoms with Crippen LogP contribution in [0.3, 0.4) is 0 Å². The summed E-state index contributed by atoms with van der Waals surface area (Å²) in [6.07, 6.45) is 4.46. The highest BCUT2D eigenvalue weighted by Crippen LogP contribution is 2.12. The van der Waals surface area contributed by atoms with Crippen molar-refractivity contribution < 1.29 is 4.79 Å². The number of nitrogens with one attached hydrogen (secondary N) is 1. The topological polar surface area (TPSA) is 49.6 Å². The van der Waals surface area contributed by atoms with Crippen LogP contribution < -0.4 is 5.32 Å². The molecule has 2 heterocycles. The number of amides is 1. The van der Waals surface area contributed by atoms with Crippen LogP contribution >= 0.6 is 15.9 Å². The molecule has 1 amide bonds. The van der Waals surface area contributed by atoms with Crippen LogP contribution in [0, 0.1) is 0 Å². The fourth-order valence-corrected chi connectivity index (χ4v) is 2.25. The lowest BCUT2D eigenvalue weighted by Gasteiger charge is -2.15. The first-order valence-corrected chi connectivity index (χ1v) is 7.31. The quantitative estimate of drug-likeness (QED) is 0.907. The zero-order valence-electron chi connectivity index (χ0n) is 11.9. The number of fused-ring (bicyclic) bond motifs is 1. The molecule has 0 unspecified atom stereocenters. The summed E-state index contributed by atoms with van der Waals surface area (Å²) in [5.74, 6) is 0.129. The van der Waals surface area contributed by atoms with Gasteiger partial charge in [-0.15, -0.1) is 0 Å². The molecule has 0 aliphatic carbocycles. The third kappa shape index (κ3) is 3.80. The van der Waals surface area contributed by atoms with Crippen molar-refractivity contribution in [1.29, 1.82) is 0 Å². The Morgan fingerprint density at radius 1 is 1.45 bits per heavy atom. The molecule has 0 spiro atoms. The zero-order valence-corrected chi connectivity index (χ0v) is 13.5. The van der Waals surface area contributed by atoms with Crippen LogP contribution in [-0.2, 0) is 11.3 Å². The Bertz CT molecular complexity index is 608. The van der Waals surface area contributed by atoms with Crippen molar-refractivity contribution in [3.8, 4) is 0 Å². The normalized spacial score (nSPS) is 12.6. The Hall–Kier alpha value is -1.40. The fraction of sp³-hybridized carbons (Fsp3) is 0.429. The lowest BCUT2D eigenvalue weighted by atomic mass is 10.2. The Morgan fingerprint density at radius 3 is 2.90 bits per heavy atom. The number of carbonyl (C=O) groups excluding carboxylic acids is 1. The van der Waals surface area contributed by atoms with E-state index >= 15 is 0 Å². The largest absolute Gasteiger partial charge is 0.349 e. The molecule has 108 valence electrons. The lowest BCUT2D eigenvalue weighted by Crippen LogP contribution is -2.33. The van der Waals surface area contributed by atoms with Gasteiger partial charge in [0.1, 0.15) is 5.65 Å². The molecule has 5 nitrogen and oxygen atoms in total. The van der Waals surface area contributed by atoms with Crippen LogP contribution in [0.5, 0.6) is 0 Å². The maximum Gasteiger partial charge on any atom is 0.223 e. The van der Waals surface area contributed by atoms with Gasteiger partial charge in [-0.05, 0) is 35.0 Å². The molecule has 0 saturated heterocycles. The first-order chi connectivity index (χ1) is 9.45. The number of imidazole rings is 1. The molecule has 0 aliphatic heterocycles. The molecule has 0 aliphatic rings. The van der Waals surface area contributed by atoms with E-state index in [0.29, 0.717) is 13.0 Å². The Balaban J connectivity index is 1.94. The van der Waals surface area contributed by atoms with E-state index in [1.54, 1.807) is 19.0 Å². The summed E-state index contributed by atoms with van der Waals surface area (Å²) >= 11 is 3.44. The van der Waals surface area contributed by atoms with Crippen LogP contribution in [0.25, 0.3) is 5.65 Å². The third-order valence-corrected chi connectivity index (χ3v) is 3.55. The van der Waals surface area contributed by atoms with Gasteiger partial charge in [-0.25, -0.2) is 4.98 Å². The number of carbonyl (C=O) groups is 1. The van der Waals surface area contributed by atoms with E-state index in [9.17, 15) is 4.79 Å². The van der Waals surface area contributed by atoms with Crippen LogP contribution in [0.15, 0.2) is 29.0 Å². The average molecular weight is 339 g/mol. The molecule has 0 radical (unpaired) electrons. The van der Waals surface area contributed by atoms with Crippen molar-refractivity contribution in [2.75, 3.05) is 14.1 Å². The van der Waals surface area contributed by atoms with E-state index in [1.807, 2.05) is 35.9 Å². The van der Waals surface area contributed by atoms with Crippen molar-refractivity contribution >= 4 is 27.5 Å². The summed E-state index contributed by atoms with van der Waals surface area (Å²) in [5, 5.41) is 3.33. The Morgan fingerprint density at radius 2 is 2.20 bits per heavy atom. The maximum atomic E-state index is 11.6. The highest BCUT2D eigenvalue weighted by atomic mass is 79.9. The summed E-state index contributed by atoms with van der Waals surface area (Å²) in [5.41, 5.74) is 1.88. The number of nitrogens with zero attached hydrogens (tertiary/aromatic N) is 3. The third-order valence-electron chi connectivity index (χ3n) is 3.08. The predicted octanol–water partition coefficient (Wildman–Crippen LogP) is 2.05. The summed E-state index contributed by atoms with van der Waals surface area (Å²) in [7, 11) is 3.55. The van der Waals surface area contributed by atoms with Crippen molar-refractivity contribution in [2.45, 2.75) is 25.9 Å². The van der Waals surface area contributed by atoms with Gasteiger partial charge in [0.2, 0.25) is 5.91 Å². The molecule has 2 aromatic rings. The number of halogens is 1. The zero-order chi connectivity index (χ0) is 14.7. The second-order valence-electron chi connectivity index (χ2n) is 5.12. The molecule has 0 saturated carbocycles. The first kappa shape index (κ1) is 15.0. The monoisotopic (exact) mass is 338 g/mol. The Kier molecular flexibility index (Phi) is 4.77. The van der Waals surface area contributed by atoms with E-state index in [0.717, 1.165) is 15.8 Å². The smallest absolute Gasteiger partial charge is 0.223 e. The van der Waals surface area contributed by atoms with Gasteiger partial charge in [0.15, 0.2) is 0 Å². The number of rotatable bonds is 5. The summed E-state index contributed by atoms with van der Waals surface area (Å²) in [4.78, 5) is 17.7. The van der Waals surface area contributed by atoms with Gasteiger partial charge in [0.05, 0.1) is 5.69 Å². The standard InChI is InChI=1S/C14H19BrN4O/c1-10(6-14(20)18(2)3)16-7-12-9-19-8-11(15)4-5-13(19)17-12/h4-5,8-10,16H,6-7H2,1-3H3/t10-/m1/s1. The van der Waals surface area contributed by atoms with Crippen LogP contribution in [0.1, 0.15) is 19.0 Å². The molecule has 0 bridgehead atoms. The number of pyridine rings is 1. The minimum absolute atomic E-state index is 0.126. The van der Waals surface area contributed by atoms with Gasteiger partial charge in [-0.2, -0.15) is 0 Å². The average Bonchev–Trinajstić information content (AvgIpc) is 2.78. The minimum Gasteiger partial charge on any atom is -0.349 e. The van der Waals surface area contributed by atoms with Gasteiger partial charge in [0, 0.05) is 50.0 Å². The van der Waals surface area contributed by atoms with Gasteiger partial charge in [-0.3, -0.25) is 4.79 Å². The van der Waals surface area contributed by atoms with Gasteiger partial charge in [0.25, 0.3) is 0 Å². The Labute approximate surface area is 127 Å². The number of hydrogen-bond acceptors (Lipinski definition) is 3. The fourth-order valence-electron chi connectivity index (χ4n) is 1.90. The van der Waals surface area contributed by atoms with E-state index < -0.39 is 0 Å². The molecule has 20 heavy (non-hydrogen) atoms. The minimum atomic E-state index is 0.126. The predicted molar refractivity (Wildman–Crippen MR) is 82.5 cm³/mol. The molecule has 1 N–H and O–H groups in total. The summed E-state index contributed by atoms with van der Waals surface area (Å²) in [6, 6.07) is 4.06. The van der Waals surface area contributed by atoms with Crippen molar-refractivity contribution in [3.05, 3.63) is 34.7 Å². The van der Waals surface area contributed by atoms with Gasteiger partial charge >= 0.3 is 0 Å². The first-order valence-electron chi connectivity index (χ1n) is 6.52. The summed E-state index contributed by atoms with van der Waals surface area (Å²) in [6.45, 7) is 2.66. The van der Waals surface area contributed by atoms with Gasteiger partial charge in [-0.1, -0.05) is 0 Å². The number of hydrogen-bond donors (Lipinski definition) is 1. The van der Waals surface area contributed by atoms with Crippen molar-refractivity contribution in [1.82, 2.24) is 19.6 Å². The van der Waals surface area contributed by atoms with Crippen LogP contribution in [-0.4, -0.2) is 40.3 Å². The van der Waals surface area contributed by atoms with E-state index in [4.69, 9.17) is 0 Å². The molecule has 2 rings (SSSR count). The van der Waals surface area contributed by atoms with Crippen LogP contribution in [0.2, 0.25) is 0 Å². The molecular weight excluding hydrogens is 320 g/mol. The van der Waals surface area contributed by atoms with Crippen molar-refractivity contribution in [3.63, 3.8) is 0 Å². The second kappa shape index (κ2) is 6.37. The lowest BCUT2D eigenvalue weighted by molar-refractivity contribution is -0.129. The molecule has 2 aromatic heterocycles. The van der Waals surface area contributed by atoms with E-state index in [1.165, 1.54) is 0 Å².